The SMILES string of the molecule is CCCCOc1ccc(Br)cc1C=NNC(=O)CCNC(=O)c1ccc(OC)cc1. The molecule has 0 aromatic heterocycles. The van der Waals surface area contributed by atoms with E-state index in [9.17, 15) is 9.59 Å². The van der Waals surface area contributed by atoms with Crippen molar-refractivity contribution in [3.63, 3.8) is 0 Å². The fourth-order valence-corrected chi connectivity index (χ4v) is 2.82. The molecule has 0 fully saturated rings. The van der Waals surface area contributed by atoms with Crippen LogP contribution < -0.4 is 20.2 Å². The molecule has 2 rings (SSSR count). The molecule has 0 aliphatic heterocycles. The number of nitrogens with one attached hydrogen (secondary N) is 2. The smallest absolute Gasteiger partial charge is 0.251 e. The molecule has 30 heavy (non-hydrogen) atoms. The van der Waals surface area contributed by atoms with Crippen molar-refractivity contribution in [2.45, 2.75) is 26.2 Å². The molecule has 0 saturated carbocycles. The van der Waals surface area contributed by atoms with E-state index in [4.69, 9.17) is 9.47 Å². The zero-order valence-electron chi connectivity index (χ0n) is 17.1. The van der Waals surface area contributed by atoms with Gasteiger partial charge in [-0.1, -0.05) is 29.3 Å². The van der Waals surface area contributed by atoms with Gasteiger partial charge in [-0.25, -0.2) is 5.43 Å². The normalized spacial score (nSPS) is 10.6. The van der Waals surface area contributed by atoms with Crippen LogP contribution >= 0.6 is 15.9 Å². The van der Waals surface area contributed by atoms with Crippen LogP contribution in [-0.2, 0) is 4.79 Å². The van der Waals surface area contributed by atoms with Gasteiger partial charge < -0.3 is 14.8 Å². The molecule has 7 nitrogen and oxygen atoms in total. The van der Waals surface area contributed by atoms with Crippen LogP contribution in [0.4, 0.5) is 0 Å². The first kappa shape index (κ1) is 23.4. The summed E-state index contributed by atoms with van der Waals surface area (Å²) in [5, 5.41) is 6.70. The van der Waals surface area contributed by atoms with Crippen molar-refractivity contribution in [3.8, 4) is 11.5 Å². The zero-order valence-corrected chi connectivity index (χ0v) is 18.7. The van der Waals surface area contributed by atoms with Gasteiger partial charge in [0.1, 0.15) is 11.5 Å². The Balaban J connectivity index is 1.79. The van der Waals surface area contributed by atoms with Crippen molar-refractivity contribution in [2.24, 2.45) is 5.10 Å². The third-order valence-electron chi connectivity index (χ3n) is 4.11. The Hall–Kier alpha value is -2.87. The number of amides is 2. The number of carbonyl (C=O) groups is 2. The van der Waals surface area contributed by atoms with Gasteiger partial charge in [0.2, 0.25) is 5.91 Å². The summed E-state index contributed by atoms with van der Waals surface area (Å²) in [6.45, 7) is 2.93. The number of hydrogen-bond acceptors (Lipinski definition) is 5. The van der Waals surface area contributed by atoms with E-state index >= 15 is 0 Å². The van der Waals surface area contributed by atoms with Gasteiger partial charge in [0.15, 0.2) is 0 Å². The molecule has 2 N–H and O–H groups in total. The van der Waals surface area contributed by atoms with Gasteiger partial charge in [-0.05, 0) is 48.9 Å². The molecule has 0 radical (unpaired) electrons. The molecule has 160 valence electrons. The Labute approximate surface area is 185 Å². The highest BCUT2D eigenvalue weighted by atomic mass is 79.9. The maximum absolute atomic E-state index is 12.1. The van der Waals surface area contributed by atoms with Crippen molar-refractivity contribution in [1.82, 2.24) is 10.7 Å². The molecule has 2 aromatic rings. The number of halogens is 1. The average molecular weight is 476 g/mol. The van der Waals surface area contributed by atoms with Crippen molar-refractivity contribution in [1.29, 1.82) is 0 Å². The van der Waals surface area contributed by atoms with E-state index in [1.165, 1.54) is 0 Å². The summed E-state index contributed by atoms with van der Waals surface area (Å²) in [6, 6.07) is 12.4. The molecule has 0 bridgehead atoms. The van der Waals surface area contributed by atoms with Crippen molar-refractivity contribution in [3.05, 3.63) is 58.1 Å². The summed E-state index contributed by atoms with van der Waals surface area (Å²) in [7, 11) is 1.56. The van der Waals surface area contributed by atoms with E-state index < -0.39 is 0 Å². The van der Waals surface area contributed by atoms with Crippen LogP contribution in [0.3, 0.4) is 0 Å². The van der Waals surface area contributed by atoms with Crippen molar-refractivity contribution < 1.29 is 19.1 Å². The number of hydrogen-bond donors (Lipinski definition) is 2. The summed E-state index contributed by atoms with van der Waals surface area (Å²) >= 11 is 3.42. The number of carbonyl (C=O) groups excluding carboxylic acids is 2. The van der Waals surface area contributed by atoms with Crippen LogP contribution in [0.15, 0.2) is 52.0 Å². The molecule has 0 aliphatic carbocycles. The fourth-order valence-electron chi connectivity index (χ4n) is 2.44. The number of rotatable bonds is 11. The van der Waals surface area contributed by atoms with Crippen LogP contribution in [0, 0.1) is 0 Å². The summed E-state index contributed by atoms with van der Waals surface area (Å²) in [5.41, 5.74) is 3.72. The standard InChI is InChI=1S/C22H26BrN3O4/c1-3-4-13-30-20-10-7-18(23)14-17(20)15-25-26-21(27)11-12-24-22(28)16-5-8-19(29-2)9-6-16/h5-10,14-15H,3-4,11-13H2,1-2H3,(H,24,28)(H,26,27). The molecule has 0 atom stereocenters. The van der Waals surface area contributed by atoms with E-state index in [0.717, 1.165) is 22.9 Å². The highest BCUT2D eigenvalue weighted by molar-refractivity contribution is 9.10. The molecule has 0 saturated heterocycles. The lowest BCUT2D eigenvalue weighted by atomic mass is 10.2. The van der Waals surface area contributed by atoms with E-state index in [-0.39, 0.29) is 24.8 Å². The highest BCUT2D eigenvalue weighted by Crippen LogP contribution is 2.22. The van der Waals surface area contributed by atoms with Crippen LogP contribution in [0.2, 0.25) is 0 Å². The number of nitrogens with zero attached hydrogens (tertiary/aromatic N) is 1. The van der Waals surface area contributed by atoms with Crippen LogP contribution in [0.5, 0.6) is 11.5 Å². The molecule has 0 unspecified atom stereocenters. The van der Waals surface area contributed by atoms with Gasteiger partial charge in [-0.15, -0.1) is 0 Å². The van der Waals surface area contributed by atoms with Gasteiger partial charge in [0, 0.05) is 28.6 Å². The lowest BCUT2D eigenvalue weighted by Gasteiger charge is -2.09. The minimum absolute atomic E-state index is 0.109. The van der Waals surface area contributed by atoms with Crippen molar-refractivity contribution in [2.75, 3.05) is 20.3 Å². The van der Waals surface area contributed by atoms with E-state index in [0.29, 0.717) is 23.7 Å². The first-order valence-corrected chi connectivity index (χ1v) is 10.5. The quantitative estimate of drug-likeness (QED) is 0.293. The largest absolute Gasteiger partial charge is 0.497 e. The molecular formula is C22H26BrN3O4. The summed E-state index contributed by atoms with van der Waals surface area (Å²) in [5.74, 6) is 0.825. The van der Waals surface area contributed by atoms with E-state index in [1.807, 2.05) is 18.2 Å². The molecule has 2 aromatic carbocycles. The number of unbranched alkanes of at least 4 members (excludes halogenated alkanes) is 1. The minimum Gasteiger partial charge on any atom is -0.497 e. The minimum atomic E-state index is -0.301. The maximum atomic E-state index is 12.1. The van der Waals surface area contributed by atoms with Gasteiger partial charge in [0.25, 0.3) is 5.91 Å². The molecular weight excluding hydrogens is 450 g/mol. The molecule has 0 aliphatic rings. The Bertz CT molecular complexity index is 869. The van der Waals surface area contributed by atoms with Crippen LogP contribution in [0.25, 0.3) is 0 Å². The third-order valence-corrected chi connectivity index (χ3v) is 4.60. The first-order valence-electron chi connectivity index (χ1n) is 9.70. The monoisotopic (exact) mass is 475 g/mol. The third kappa shape index (κ3) is 7.87. The second kappa shape index (κ2) is 12.6. The number of ether oxygens (including phenoxy) is 2. The lowest BCUT2D eigenvalue weighted by molar-refractivity contribution is -0.120. The topological polar surface area (TPSA) is 89.0 Å². The van der Waals surface area contributed by atoms with Gasteiger partial charge in [0.05, 0.1) is 19.9 Å². The number of benzene rings is 2. The van der Waals surface area contributed by atoms with Gasteiger partial charge in [-0.3, -0.25) is 9.59 Å². The van der Waals surface area contributed by atoms with Gasteiger partial charge >= 0.3 is 0 Å². The van der Waals surface area contributed by atoms with Crippen LogP contribution in [0.1, 0.15) is 42.1 Å². The lowest BCUT2D eigenvalue weighted by Crippen LogP contribution is -2.29. The summed E-state index contributed by atoms with van der Waals surface area (Å²) < 4.78 is 11.7. The second-order valence-electron chi connectivity index (χ2n) is 6.41. The van der Waals surface area contributed by atoms with E-state index in [1.54, 1.807) is 37.6 Å². The summed E-state index contributed by atoms with van der Waals surface area (Å²) in [4.78, 5) is 24.0. The predicted octanol–water partition coefficient (Wildman–Crippen LogP) is 3.91. The average Bonchev–Trinajstić information content (AvgIpc) is 2.75. The first-order chi connectivity index (χ1) is 14.5. The predicted molar refractivity (Wildman–Crippen MR) is 120 cm³/mol. The van der Waals surface area contributed by atoms with Crippen LogP contribution in [-0.4, -0.2) is 38.3 Å². The molecule has 0 spiro atoms. The summed E-state index contributed by atoms with van der Waals surface area (Å²) in [6.07, 6.45) is 3.66. The Morgan fingerprint density at radius 3 is 2.63 bits per heavy atom. The second-order valence-corrected chi connectivity index (χ2v) is 7.33. The number of methoxy groups -OCH3 is 1. The Morgan fingerprint density at radius 2 is 1.93 bits per heavy atom. The fraction of sp³-hybridized carbons (Fsp3) is 0.318. The highest BCUT2D eigenvalue weighted by Gasteiger charge is 2.07. The molecule has 2 amide bonds. The molecule has 8 heteroatoms. The van der Waals surface area contributed by atoms with Gasteiger partial charge in [-0.2, -0.15) is 5.10 Å². The Kier molecular flexibility index (Phi) is 9.86. The zero-order chi connectivity index (χ0) is 21.8. The maximum Gasteiger partial charge on any atom is 0.251 e. The number of hydrazone groups is 1. The van der Waals surface area contributed by atoms with E-state index in [2.05, 4.69) is 38.7 Å². The molecule has 0 heterocycles. The van der Waals surface area contributed by atoms with Crippen molar-refractivity contribution >= 4 is 34.0 Å². The Morgan fingerprint density at radius 1 is 1.17 bits per heavy atom.